The van der Waals surface area contributed by atoms with Gasteiger partial charge in [0, 0.05) is 28.7 Å². The Morgan fingerprint density at radius 1 is 1.14 bits per heavy atom. The molecule has 3 rings (SSSR count). The third-order valence-electron chi connectivity index (χ3n) is 3.72. The maximum absolute atomic E-state index is 6.17. The van der Waals surface area contributed by atoms with Crippen LogP contribution in [0.25, 0.3) is 0 Å². The minimum absolute atomic E-state index is 0.499. The van der Waals surface area contributed by atoms with Crippen molar-refractivity contribution < 1.29 is 4.74 Å². The van der Waals surface area contributed by atoms with Crippen LogP contribution in [0.3, 0.4) is 0 Å². The summed E-state index contributed by atoms with van der Waals surface area (Å²) < 4.78 is 5.99. The van der Waals surface area contributed by atoms with Crippen molar-refractivity contribution in [2.75, 3.05) is 0 Å². The summed E-state index contributed by atoms with van der Waals surface area (Å²) >= 11 is 6.17. The Morgan fingerprint density at radius 2 is 1.95 bits per heavy atom. The van der Waals surface area contributed by atoms with Crippen LogP contribution in [-0.4, -0.2) is 6.04 Å². The quantitative estimate of drug-likeness (QED) is 0.849. The fraction of sp³-hybridized carbons (Fsp3) is 0.333. The van der Waals surface area contributed by atoms with Gasteiger partial charge < -0.3 is 10.1 Å². The van der Waals surface area contributed by atoms with Crippen molar-refractivity contribution in [3.8, 4) is 5.75 Å². The summed E-state index contributed by atoms with van der Waals surface area (Å²) in [7, 11) is 0. The number of ether oxygens (including phenoxy) is 1. The predicted molar refractivity (Wildman–Crippen MR) is 86.8 cm³/mol. The molecule has 0 radical (unpaired) electrons. The molecule has 21 heavy (non-hydrogen) atoms. The highest BCUT2D eigenvalue weighted by Crippen LogP contribution is 2.25. The number of halogens is 1. The highest BCUT2D eigenvalue weighted by Gasteiger charge is 2.20. The molecule has 1 fully saturated rings. The molecule has 0 saturated heterocycles. The van der Waals surface area contributed by atoms with Crippen LogP contribution < -0.4 is 10.1 Å². The highest BCUT2D eigenvalue weighted by atomic mass is 35.5. The molecule has 2 aromatic carbocycles. The summed E-state index contributed by atoms with van der Waals surface area (Å²) in [5.74, 6) is 0.939. The van der Waals surface area contributed by atoms with E-state index in [-0.39, 0.29) is 0 Å². The van der Waals surface area contributed by atoms with Crippen molar-refractivity contribution in [2.45, 2.75) is 39.0 Å². The fourth-order valence-electron chi connectivity index (χ4n) is 2.30. The van der Waals surface area contributed by atoms with Gasteiger partial charge in [-0.1, -0.05) is 47.5 Å². The number of rotatable bonds is 6. The van der Waals surface area contributed by atoms with Gasteiger partial charge >= 0.3 is 0 Å². The van der Waals surface area contributed by atoms with Crippen LogP contribution >= 0.6 is 11.6 Å². The second kappa shape index (κ2) is 6.50. The Bertz CT molecular complexity index is 622. The summed E-state index contributed by atoms with van der Waals surface area (Å²) in [5.41, 5.74) is 3.49. The van der Waals surface area contributed by atoms with Crippen molar-refractivity contribution in [3.05, 3.63) is 64.2 Å². The lowest BCUT2D eigenvalue weighted by Gasteiger charge is -2.13. The van der Waals surface area contributed by atoms with Crippen molar-refractivity contribution in [1.82, 2.24) is 5.32 Å². The maximum atomic E-state index is 6.17. The molecule has 1 saturated carbocycles. The lowest BCUT2D eigenvalue weighted by atomic mass is 10.1. The van der Waals surface area contributed by atoms with Crippen molar-refractivity contribution in [2.24, 2.45) is 0 Å². The Balaban J connectivity index is 1.70. The first-order valence-electron chi connectivity index (χ1n) is 7.41. The van der Waals surface area contributed by atoms with Crippen molar-refractivity contribution >= 4 is 11.6 Å². The van der Waals surface area contributed by atoms with E-state index in [4.69, 9.17) is 16.3 Å². The number of benzene rings is 2. The van der Waals surface area contributed by atoms with Crippen LogP contribution in [0.4, 0.5) is 0 Å². The van der Waals surface area contributed by atoms with Gasteiger partial charge in [0.15, 0.2) is 0 Å². The maximum Gasteiger partial charge on any atom is 0.124 e. The molecule has 0 amide bonds. The largest absolute Gasteiger partial charge is 0.489 e. The van der Waals surface area contributed by atoms with Crippen LogP contribution in [0.5, 0.6) is 5.75 Å². The van der Waals surface area contributed by atoms with Gasteiger partial charge in [0.2, 0.25) is 0 Å². The zero-order valence-electron chi connectivity index (χ0n) is 12.2. The van der Waals surface area contributed by atoms with E-state index in [9.17, 15) is 0 Å². The molecule has 3 heteroatoms. The second-order valence-electron chi connectivity index (χ2n) is 5.65. The number of aryl methyl sites for hydroxylation is 1. The molecule has 0 bridgehead atoms. The summed E-state index contributed by atoms with van der Waals surface area (Å²) in [4.78, 5) is 0. The minimum atomic E-state index is 0.499. The average molecular weight is 302 g/mol. The van der Waals surface area contributed by atoms with E-state index >= 15 is 0 Å². The molecule has 0 unspecified atom stereocenters. The molecule has 1 aliphatic carbocycles. The molecule has 0 spiro atoms. The van der Waals surface area contributed by atoms with Crippen LogP contribution in [-0.2, 0) is 13.2 Å². The smallest absolute Gasteiger partial charge is 0.124 e. The van der Waals surface area contributed by atoms with Crippen molar-refractivity contribution in [1.29, 1.82) is 0 Å². The number of hydrogen-bond donors (Lipinski definition) is 1. The molecule has 1 N–H and O–H groups in total. The molecule has 0 heterocycles. The molecule has 2 aromatic rings. The molecular weight excluding hydrogens is 282 g/mol. The van der Waals surface area contributed by atoms with Gasteiger partial charge in [0.25, 0.3) is 0 Å². The fourth-order valence-corrected chi connectivity index (χ4v) is 2.49. The topological polar surface area (TPSA) is 21.3 Å². The highest BCUT2D eigenvalue weighted by molar-refractivity contribution is 6.31. The zero-order chi connectivity index (χ0) is 14.7. The second-order valence-corrected chi connectivity index (χ2v) is 6.05. The number of nitrogens with one attached hydrogen (secondary N) is 1. The van der Waals surface area contributed by atoms with Crippen LogP contribution in [0.15, 0.2) is 42.5 Å². The third-order valence-corrected chi connectivity index (χ3v) is 4.08. The normalized spacial score (nSPS) is 14.2. The van der Waals surface area contributed by atoms with E-state index in [0.717, 1.165) is 22.9 Å². The zero-order valence-corrected chi connectivity index (χ0v) is 13.0. The minimum Gasteiger partial charge on any atom is -0.489 e. The Morgan fingerprint density at radius 3 is 2.71 bits per heavy atom. The summed E-state index contributed by atoms with van der Waals surface area (Å²) in [6.45, 7) is 3.47. The van der Waals surface area contributed by atoms with Crippen LogP contribution in [0.2, 0.25) is 5.02 Å². The van der Waals surface area contributed by atoms with Crippen LogP contribution in [0, 0.1) is 6.92 Å². The number of hydrogen-bond acceptors (Lipinski definition) is 2. The van der Waals surface area contributed by atoms with Gasteiger partial charge in [-0.05, 0) is 31.9 Å². The summed E-state index contributed by atoms with van der Waals surface area (Å²) in [6, 6.07) is 14.8. The molecule has 0 aromatic heterocycles. The monoisotopic (exact) mass is 301 g/mol. The lowest BCUT2D eigenvalue weighted by molar-refractivity contribution is 0.302. The molecule has 0 aliphatic heterocycles. The van der Waals surface area contributed by atoms with E-state index < -0.39 is 0 Å². The van der Waals surface area contributed by atoms with E-state index in [0.29, 0.717) is 12.6 Å². The third kappa shape index (κ3) is 3.99. The molecule has 0 atom stereocenters. The molecule has 2 nitrogen and oxygen atoms in total. The summed E-state index contributed by atoms with van der Waals surface area (Å²) in [5, 5.41) is 4.30. The van der Waals surface area contributed by atoms with Crippen LogP contribution in [0.1, 0.15) is 29.5 Å². The van der Waals surface area contributed by atoms with E-state index in [1.54, 1.807) is 0 Å². The summed E-state index contributed by atoms with van der Waals surface area (Å²) in [6.07, 6.45) is 2.59. The van der Waals surface area contributed by atoms with Gasteiger partial charge in [0.1, 0.15) is 12.4 Å². The van der Waals surface area contributed by atoms with Gasteiger partial charge in [-0.3, -0.25) is 0 Å². The average Bonchev–Trinajstić information content (AvgIpc) is 3.30. The lowest BCUT2D eigenvalue weighted by Crippen LogP contribution is -2.16. The predicted octanol–water partition coefficient (Wildman–Crippen LogP) is 4.48. The molecule has 110 valence electrons. The molecular formula is C18H20ClNO. The van der Waals surface area contributed by atoms with E-state index in [1.165, 1.54) is 24.0 Å². The van der Waals surface area contributed by atoms with Gasteiger partial charge in [0.05, 0.1) is 0 Å². The Labute approximate surface area is 131 Å². The van der Waals surface area contributed by atoms with Gasteiger partial charge in [-0.25, -0.2) is 0 Å². The first-order chi connectivity index (χ1) is 10.2. The van der Waals surface area contributed by atoms with Gasteiger partial charge in [-0.2, -0.15) is 0 Å². The van der Waals surface area contributed by atoms with Crippen molar-refractivity contribution in [3.63, 3.8) is 0 Å². The van der Waals surface area contributed by atoms with E-state index in [1.807, 2.05) is 24.3 Å². The first kappa shape index (κ1) is 14.4. The molecule has 1 aliphatic rings. The standard InChI is InChI=1S/C18H20ClNO/c1-13-6-9-18(15(10-13)11-20-16-7-8-16)21-12-14-4-2-3-5-17(14)19/h2-6,9-10,16,20H,7-8,11-12H2,1H3. The van der Waals surface area contributed by atoms with Gasteiger partial charge in [-0.15, -0.1) is 0 Å². The Hall–Kier alpha value is -1.51. The first-order valence-corrected chi connectivity index (χ1v) is 7.79. The van der Waals surface area contributed by atoms with E-state index in [2.05, 4.69) is 30.4 Å². The SMILES string of the molecule is Cc1ccc(OCc2ccccc2Cl)c(CNC2CC2)c1. The Kier molecular flexibility index (Phi) is 4.47.